The molecule has 0 unspecified atom stereocenters. The first-order valence-electron chi connectivity index (χ1n) is 4.70. The molecule has 0 aliphatic rings. The smallest absolute Gasteiger partial charge is 0.187 e. The third-order valence-electron chi connectivity index (χ3n) is 2.04. The lowest BCUT2D eigenvalue weighted by molar-refractivity contribution is 0.966. The van der Waals surface area contributed by atoms with Crippen molar-refractivity contribution in [1.29, 1.82) is 0 Å². The van der Waals surface area contributed by atoms with Crippen LogP contribution in [0.15, 0.2) is 41.8 Å². The Bertz CT molecular complexity index is 456. The molecule has 2 rings (SSSR count). The second-order valence-electron chi connectivity index (χ2n) is 3.13. The predicted molar refractivity (Wildman–Crippen MR) is 67.5 cm³/mol. The molecule has 16 heavy (non-hydrogen) atoms. The summed E-state index contributed by atoms with van der Waals surface area (Å²) in [6.07, 6.45) is 3.43. The molecule has 0 aliphatic carbocycles. The van der Waals surface area contributed by atoms with Crippen molar-refractivity contribution in [3.05, 3.63) is 47.2 Å². The van der Waals surface area contributed by atoms with E-state index < -0.39 is 0 Å². The van der Waals surface area contributed by atoms with Gasteiger partial charge in [-0.15, -0.1) is 0 Å². The van der Waals surface area contributed by atoms with Crippen molar-refractivity contribution >= 4 is 29.1 Å². The van der Waals surface area contributed by atoms with Gasteiger partial charge in [-0.05, 0) is 18.2 Å². The number of nitrogen functional groups attached to an aromatic ring is 1. The van der Waals surface area contributed by atoms with Crippen LogP contribution in [0, 0.1) is 0 Å². The van der Waals surface area contributed by atoms with Crippen molar-refractivity contribution in [3.8, 4) is 0 Å². The van der Waals surface area contributed by atoms with Crippen molar-refractivity contribution in [3.63, 3.8) is 0 Å². The summed E-state index contributed by atoms with van der Waals surface area (Å²) in [6, 6.07) is 7.30. The number of nitrogens with two attached hydrogens (primary N) is 1. The topological polar surface area (TPSA) is 51.8 Å². The molecule has 0 saturated carbocycles. The Hall–Kier alpha value is -1.26. The van der Waals surface area contributed by atoms with Crippen LogP contribution in [0.5, 0.6) is 0 Å². The molecule has 0 atom stereocenters. The summed E-state index contributed by atoms with van der Waals surface area (Å²) in [4.78, 5) is 8.24. The molecule has 82 valence electrons. The number of thioether (sulfide) groups is 1. The molecule has 5 heteroatoms. The standard InChI is InChI=1S/C11H10ClN3S/c12-9-3-1-4-10(13)8(9)7-16-11-14-5-2-6-15-11/h1-6H,7,13H2. The first-order valence-corrected chi connectivity index (χ1v) is 6.06. The fourth-order valence-corrected chi connectivity index (χ4v) is 2.42. The zero-order chi connectivity index (χ0) is 11.4. The molecule has 3 nitrogen and oxygen atoms in total. The van der Waals surface area contributed by atoms with Crippen LogP contribution in [0.2, 0.25) is 5.02 Å². The van der Waals surface area contributed by atoms with Crippen LogP contribution in [-0.4, -0.2) is 9.97 Å². The minimum absolute atomic E-state index is 0.676. The van der Waals surface area contributed by atoms with Gasteiger partial charge in [-0.25, -0.2) is 9.97 Å². The molecule has 2 N–H and O–H groups in total. The molecule has 0 saturated heterocycles. The minimum atomic E-state index is 0.676. The van der Waals surface area contributed by atoms with Crippen LogP contribution in [0.1, 0.15) is 5.56 Å². The van der Waals surface area contributed by atoms with Gasteiger partial charge in [0, 0.05) is 34.4 Å². The maximum atomic E-state index is 6.06. The molecule has 0 amide bonds. The van der Waals surface area contributed by atoms with Gasteiger partial charge in [0.05, 0.1) is 0 Å². The van der Waals surface area contributed by atoms with Crippen molar-refractivity contribution in [1.82, 2.24) is 9.97 Å². The van der Waals surface area contributed by atoms with E-state index in [1.54, 1.807) is 18.5 Å². The molecule has 0 bridgehead atoms. The highest BCUT2D eigenvalue weighted by molar-refractivity contribution is 7.98. The molecule has 0 fully saturated rings. The Labute approximate surface area is 103 Å². The van der Waals surface area contributed by atoms with Crippen LogP contribution in [-0.2, 0) is 5.75 Å². The Kier molecular flexibility index (Phi) is 3.64. The van der Waals surface area contributed by atoms with Crippen LogP contribution in [0.25, 0.3) is 0 Å². The summed E-state index contributed by atoms with van der Waals surface area (Å²) in [5.74, 6) is 0.676. The van der Waals surface area contributed by atoms with E-state index in [2.05, 4.69) is 9.97 Å². The van der Waals surface area contributed by atoms with E-state index in [9.17, 15) is 0 Å². The van der Waals surface area contributed by atoms with Crippen LogP contribution < -0.4 is 5.73 Å². The highest BCUT2D eigenvalue weighted by atomic mass is 35.5. The van der Waals surface area contributed by atoms with E-state index in [0.717, 1.165) is 10.7 Å². The van der Waals surface area contributed by atoms with Crippen molar-refractivity contribution in [2.45, 2.75) is 10.9 Å². The van der Waals surface area contributed by atoms with Gasteiger partial charge in [-0.1, -0.05) is 29.4 Å². The lowest BCUT2D eigenvalue weighted by atomic mass is 10.2. The zero-order valence-electron chi connectivity index (χ0n) is 8.43. The van der Waals surface area contributed by atoms with Gasteiger partial charge in [0.2, 0.25) is 0 Å². The van der Waals surface area contributed by atoms with Crippen LogP contribution in [0.3, 0.4) is 0 Å². The summed E-state index contributed by atoms with van der Waals surface area (Å²) in [6.45, 7) is 0. The number of benzene rings is 1. The number of anilines is 1. The number of hydrogen-bond donors (Lipinski definition) is 1. The largest absolute Gasteiger partial charge is 0.398 e. The Morgan fingerprint density at radius 3 is 2.62 bits per heavy atom. The fourth-order valence-electron chi connectivity index (χ4n) is 1.22. The summed E-state index contributed by atoms with van der Waals surface area (Å²) in [7, 11) is 0. The van der Waals surface area contributed by atoms with Crippen molar-refractivity contribution < 1.29 is 0 Å². The average Bonchev–Trinajstić information content (AvgIpc) is 2.30. The Morgan fingerprint density at radius 2 is 1.94 bits per heavy atom. The number of nitrogens with zero attached hydrogens (tertiary/aromatic N) is 2. The number of rotatable bonds is 3. The maximum absolute atomic E-state index is 6.06. The second kappa shape index (κ2) is 5.18. The normalized spacial score (nSPS) is 10.3. The van der Waals surface area contributed by atoms with E-state index in [1.165, 1.54) is 11.8 Å². The maximum Gasteiger partial charge on any atom is 0.187 e. The summed E-state index contributed by atoms with van der Waals surface area (Å²) in [5.41, 5.74) is 7.48. The fraction of sp³-hybridized carbons (Fsp3) is 0.0909. The summed E-state index contributed by atoms with van der Waals surface area (Å²) in [5, 5.41) is 1.41. The summed E-state index contributed by atoms with van der Waals surface area (Å²) < 4.78 is 0. The van der Waals surface area contributed by atoms with E-state index in [1.807, 2.05) is 18.2 Å². The predicted octanol–water partition coefficient (Wildman–Crippen LogP) is 3.00. The zero-order valence-corrected chi connectivity index (χ0v) is 10.0. The highest BCUT2D eigenvalue weighted by Crippen LogP contribution is 2.28. The number of hydrogen-bond acceptors (Lipinski definition) is 4. The van der Waals surface area contributed by atoms with Crippen LogP contribution >= 0.6 is 23.4 Å². The first kappa shape index (κ1) is 11.2. The van der Waals surface area contributed by atoms with Gasteiger partial charge >= 0.3 is 0 Å². The van der Waals surface area contributed by atoms with Gasteiger partial charge in [0.1, 0.15) is 0 Å². The monoisotopic (exact) mass is 251 g/mol. The molecular weight excluding hydrogens is 242 g/mol. The Morgan fingerprint density at radius 1 is 1.19 bits per heavy atom. The summed E-state index contributed by atoms with van der Waals surface area (Å²) >= 11 is 7.58. The average molecular weight is 252 g/mol. The number of aromatic nitrogens is 2. The highest BCUT2D eigenvalue weighted by Gasteiger charge is 2.05. The third-order valence-corrected chi connectivity index (χ3v) is 3.30. The lowest BCUT2D eigenvalue weighted by Gasteiger charge is -2.06. The molecule has 0 aliphatic heterocycles. The third kappa shape index (κ3) is 2.65. The van der Waals surface area contributed by atoms with Gasteiger partial charge in [-0.3, -0.25) is 0 Å². The van der Waals surface area contributed by atoms with Crippen LogP contribution in [0.4, 0.5) is 5.69 Å². The lowest BCUT2D eigenvalue weighted by Crippen LogP contribution is -1.94. The number of halogens is 1. The van der Waals surface area contributed by atoms with Gasteiger partial charge in [-0.2, -0.15) is 0 Å². The molecule has 2 aromatic rings. The second-order valence-corrected chi connectivity index (χ2v) is 4.48. The molecule has 1 aromatic heterocycles. The van der Waals surface area contributed by atoms with Gasteiger partial charge in [0.25, 0.3) is 0 Å². The van der Waals surface area contributed by atoms with Crippen molar-refractivity contribution in [2.24, 2.45) is 0 Å². The minimum Gasteiger partial charge on any atom is -0.398 e. The van der Waals surface area contributed by atoms with Gasteiger partial charge < -0.3 is 5.73 Å². The molecule has 1 heterocycles. The van der Waals surface area contributed by atoms with Crippen molar-refractivity contribution in [2.75, 3.05) is 5.73 Å². The van der Waals surface area contributed by atoms with E-state index in [4.69, 9.17) is 17.3 Å². The van der Waals surface area contributed by atoms with E-state index in [-0.39, 0.29) is 0 Å². The van der Waals surface area contributed by atoms with E-state index >= 15 is 0 Å². The van der Waals surface area contributed by atoms with E-state index in [0.29, 0.717) is 16.5 Å². The molecule has 0 radical (unpaired) electrons. The first-order chi connectivity index (χ1) is 7.77. The molecular formula is C11H10ClN3S. The molecule has 0 spiro atoms. The molecule has 1 aromatic carbocycles. The SMILES string of the molecule is Nc1cccc(Cl)c1CSc1ncccn1. The quantitative estimate of drug-likeness (QED) is 0.518. The Balaban J connectivity index is 2.11. The van der Waals surface area contributed by atoms with Gasteiger partial charge in [0.15, 0.2) is 5.16 Å².